The number of terminal acetylenes is 1. The molecule has 0 bridgehead atoms. The monoisotopic (exact) mass is 248 g/mol. The number of carbonyl (C=O) groups excluding carboxylic acids is 1. The molecule has 86 valence electrons. The second kappa shape index (κ2) is 4.53. The largest absolute Gasteiger partial charge is 0.435 e. The van der Waals surface area contributed by atoms with Crippen molar-refractivity contribution in [1.82, 2.24) is 10.3 Å². The first kappa shape index (κ1) is 12.5. The van der Waals surface area contributed by atoms with Gasteiger partial charge in [-0.2, -0.15) is 13.2 Å². The molecular formula is C9H7F3N2OS. The average molecular weight is 248 g/mol. The molecule has 1 heterocycles. The van der Waals surface area contributed by atoms with E-state index in [-0.39, 0.29) is 11.6 Å². The molecule has 16 heavy (non-hydrogen) atoms. The topological polar surface area (TPSA) is 42.0 Å². The smallest absolute Gasteiger partial charge is 0.340 e. The van der Waals surface area contributed by atoms with E-state index in [1.807, 2.05) is 0 Å². The number of aryl methyl sites for hydroxylation is 1. The summed E-state index contributed by atoms with van der Waals surface area (Å²) in [6, 6.07) is 0. The molecule has 0 aliphatic heterocycles. The van der Waals surface area contributed by atoms with Gasteiger partial charge < -0.3 is 5.32 Å². The minimum absolute atomic E-state index is 0.118. The fraction of sp³-hybridized carbons (Fsp3) is 0.333. The number of alkyl halides is 3. The summed E-state index contributed by atoms with van der Waals surface area (Å²) in [7, 11) is 0. The van der Waals surface area contributed by atoms with Crippen LogP contribution in [-0.2, 0) is 6.18 Å². The molecule has 0 spiro atoms. The van der Waals surface area contributed by atoms with E-state index < -0.39 is 22.7 Å². The quantitative estimate of drug-likeness (QED) is 0.811. The van der Waals surface area contributed by atoms with Crippen LogP contribution in [0.5, 0.6) is 0 Å². The lowest BCUT2D eigenvalue weighted by Gasteiger charge is -2.05. The van der Waals surface area contributed by atoms with Crippen molar-refractivity contribution in [2.24, 2.45) is 0 Å². The van der Waals surface area contributed by atoms with Gasteiger partial charge in [0, 0.05) is 0 Å². The number of carbonyl (C=O) groups is 1. The minimum Gasteiger partial charge on any atom is -0.340 e. The van der Waals surface area contributed by atoms with Gasteiger partial charge in [0.2, 0.25) is 0 Å². The lowest BCUT2D eigenvalue weighted by molar-refractivity contribution is -0.141. The summed E-state index contributed by atoms with van der Waals surface area (Å²) in [4.78, 5) is 14.2. The Labute approximate surface area is 93.7 Å². The van der Waals surface area contributed by atoms with Crippen molar-refractivity contribution in [2.45, 2.75) is 13.1 Å². The second-order valence-corrected chi connectivity index (χ2v) is 4.00. The Morgan fingerprint density at radius 2 is 2.25 bits per heavy atom. The molecule has 1 rings (SSSR count). The number of amides is 1. The molecule has 0 aromatic carbocycles. The van der Waals surface area contributed by atoms with Crippen LogP contribution in [0.2, 0.25) is 0 Å². The SMILES string of the molecule is C#CCNC(=O)c1sc(C)nc1C(F)(F)F. The van der Waals surface area contributed by atoms with Crippen molar-refractivity contribution in [2.75, 3.05) is 6.54 Å². The van der Waals surface area contributed by atoms with Crippen LogP contribution < -0.4 is 5.32 Å². The van der Waals surface area contributed by atoms with Crippen molar-refractivity contribution in [3.63, 3.8) is 0 Å². The normalized spacial score (nSPS) is 10.9. The van der Waals surface area contributed by atoms with Gasteiger partial charge in [-0.15, -0.1) is 17.8 Å². The van der Waals surface area contributed by atoms with E-state index in [9.17, 15) is 18.0 Å². The van der Waals surface area contributed by atoms with E-state index in [0.717, 1.165) is 0 Å². The minimum atomic E-state index is -4.63. The Balaban J connectivity index is 3.05. The summed E-state index contributed by atoms with van der Waals surface area (Å²) in [5, 5.41) is 2.35. The second-order valence-electron chi connectivity index (χ2n) is 2.80. The van der Waals surface area contributed by atoms with Crippen LogP contribution in [0.3, 0.4) is 0 Å². The highest BCUT2D eigenvalue weighted by molar-refractivity contribution is 7.13. The molecular weight excluding hydrogens is 241 g/mol. The Bertz CT molecular complexity index is 445. The van der Waals surface area contributed by atoms with Gasteiger partial charge in [0.1, 0.15) is 4.88 Å². The van der Waals surface area contributed by atoms with Crippen LogP contribution in [0.15, 0.2) is 0 Å². The molecule has 0 fully saturated rings. The van der Waals surface area contributed by atoms with E-state index in [1.165, 1.54) is 6.92 Å². The van der Waals surface area contributed by atoms with Crippen molar-refractivity contribution < 1.29 is 18.0 Å². The summed E-state index contributed by atoms with van der Waals surface area (Å²) in [6.07, 6.45) is 0.253. The Morgan fingerprint density at radius 1 is 1.62 bits per heavy atom. The van der Waals surface area contributed by atoms with E-state index in [0.29, 0.717) is 11.3 Å². The molecule has 7 heteroatoms. The number of thiazole rings is 1. The zero-order valence-electron chi connectivity index (χ0n) is 8.18. The molecule has 0 aliphatic carbocycles. The van der Waals surface area contributed by atoms with Crippen LogP contribution in [0.25, 0.3) is 0 Å². The fourth-order valence-corrected chi connectivity index (χ4v) is 1.84. The summed E-state index contributed by atoms with van der Waals surface area (Å²) < 4.78 is 37.4. The first-order valence-corrected chi connectivity index (χ1v) is 4.94. The number of nitrogens with zero attached hydrogens (tertiary/aromatic N) is 1. The van der Waals surface area contributed by atoms with Gasteiger partial charge in [-0.1, -0.05) is 5.92 Å². The van der Waals surface area contributed by atoms with Gasteiger partial charge in [0.05, 0.1) is 11.6 Å². The number of nitrogens with one attached hydrogen (secondary N) is 1. The Kier molecular flexibility index (Phi) is 3.55. The summed E-state index contributed by atoms with van der Waals surface area (Å²) in [5.41, 5.74) is -1.16. The van der Waals surface area contributed by atoms with Crippen LogP contribution in [-0.4, -0.2) is 17.4 Å². The highest BCUT2D eigenvalue weighted by Gasteiger charge is 2.39. The third kappa shape index (κ3) is 2.73. The molecule has 0 radical (unpaired) electrons. The number of rotatable bonds is 2. The highest BCUT2D eigenvalue weighted by Crippen LogP contribution is 2.33. The Hall–Kier alpha value is -1.55. The third-order valence-corrected chi connectivity index (χ3v) is 2.53. The molecule has 0 aliphatic rings. The molecule has 1 aromatic heterocycles. The van der Waals surface area contributed by atoms with Crippen LogP contribution in [0.4, 0.5) is 13.2 Å². The van der Waals surface area contributed by atoms with E-state index >= 15 is 0 Å². The van der Waals surface area contributed by atoms with Crippen molar-refractivity contribution in [3.05, 3.63) is 15.6 Å². The number of aromatic nitrogens is 1. The average Bonchev–Trinajstić information content (AvgIpc) is 2.56. The number of hydrogen-bond acceptors (Lipinski definition) is 3. The predicted molar refractivity (Wildman–Crippen MR) is 53.0 cm³/mol. The first-order chi connectivity index (χ1) is 7.36. The number of hydrogen-bond donors (Lipinski definition) is 1. The van der Waals surface area contributed by atoms with E-state index in [1.54, 1.807) is 0 Å². The van der Waals surface area contributed by atoms with E-state index in [4.69, 9.17) is 6.42 Å². The molecule has 1 aromatic rings. The summed E-state index contributed by atoms with van der Waals surface area (Å²) in [6.45, 7) is 1.28. The van der Waals surface area contributed by atoms with E-state index in [2.05, 4.69) is 16.2 Å². The maximum absolute atomic E-state index is 12.5. The van der Waals surface area contributed by atoms with Gasteiger partial charge in [0.25, 0.3) is 5.91 Å². The van der Waals surface area contributed by atoms with Gasteiger partial charge in [-0.3, -0.25) is 4.79 Å². The maximum Gasteiger partial charge on any atom is 0.435 e. The van der Waals surface area contributed by atoms with Crippen LogP contribution >= 0.6 is 11.3 Å². The van der Waals surface area contributed by atoms with Crippen molar-refractivity contribution in [1.29, 1.82) is 0 Å². The van der Waals surface area contributed by atoms with Gasteiger partial charge >= 0.3 is 6.18 Å². The fourth-order valence-electron chi connectivity index (χ4n) is 0.985. The van der Waals surface area contributed by atoms with Gasteiger partial charge in [0.15, 0.2) is 5.69 Å². The molecule has 0 unspecified atom stereocenters. The molecule has 0 saturated heterocycles. The Morgan fingerprint density at radius 3 is 2.75 bits per heavy atom. The number of halogens is 3. The molecule has 0 atom stereocenters. The predicted octanol–water partition coefficient (Wildman–Crippen LogP) is 1.83. The summed E-state index contributed by atoms with van der Waals surface area (Å²) in [5.74, 6) is 1.25. The summed E-state index contributed by atoms with van der Waals surface area (Å²) >= 11 is 0.688. The molecule has 3 nitrogen and oxygen atoms in total. The third-order valence-electron chi connectivity index (χ3n) is 1.56. The maximum atomic E-state index is 12.5. The van der Waals surface area contributed by atoms with Gasteiger partial charge in [-0.05, 0) is 6.92 Å². The standard InChI is InChI=1S/C9H7F3N2OS/c1-3-4-13-8(15)6-7(9(10,11)12)14-5(2)16-6/h1H,4H2,2H3,(H,13,15). The highest BCUT2D eigenvalue weighted by atomic mass is 32.1. The zero-order valence-corrected chi connectivity index (χ0v) is 9.00. The lowest BCUT2D eigenvalue weighted by Crippen LogP contribution is -2.25. The van der Waals surface area contributed by atoms with Gasteiger partial charge in [-0.25, -0.2) is 4.98 Å². The van der Waals surface area contributed by atoms with Crippen molar-refractivity contribution in [3.8, 4) is 12.3 Å². The molecule has 1 amide bonds. The molecule has 1 N–H and O–H groups in total. The van der Waals surface area contributed by atoms with Crippen molar-refractivity contribution >= 4 is 17.2 Å². The molecule has 0 saturated carbocycles. The lowest BCUT2D eigenvalue weighted by atomic mass is 10.3. The zero-order chi connectivity index (χ0) is 12.3. The van der Waals surface area contributed by atoms with Crippen LogP contribution in [0, 0.1) is 19.3 Å². The van der Waals surface area contributed by atoms with Crippen LogP contribution in [0.1, 0.15) is 20.4 Å². The first-order valence-electron chi connectivity index (χ1n) is 4.12.